The molecule has 1 saturated heterocycles. The van der Waals surface area contributed by atoms with Gasteiger partial charge in [0.25, 0.3) is 0 Å². The van der Waals surface area contributed by atoms with Crippen molar-refractivity contribution in [3.05, 3.63) is 80.8 Å². The second-order valence-corrected chi connectivity index (χ2v) is 10.9. The summed E-state index contributed by atoms with van der Waals surface area (Å²) >= 11 is -0.603. The van der Waals surface area contributed by atoms with Gasteiger partial charge in [0.2, 0.25) is 0 Å². The Morgan fingerprint density at radius 2 is 1.94 bits per heavy atom. The minimum atomic E-state index is -0.603. The summed E-state index contributed by atoms with van der Waals surface area (Å²) in [5.41, 5.74) is 4.72. The van der Waals surface area contributed by atoms with Crippen molar-refractivity contribution in [2.24, 2.45) is 0 Å². The number of fused-ring (bicyclic) bond motifs is 1. The van der Waals surface area contributed by atoms with Crippen molar-refractivity contribution in [3.8, 4) is 5.75 Å². The van der Waals surface area contributed by atoms with Crippen molar-refractivity contribution in [2.45, 2.75) is 46.1 Å². The Hall–Kier alpha value is -1.41. The molecule has 1 aromatic carbocycles. The van der Waals surface area contributed by atoms with Gasteiger partial charge in [0.05, 0.1) is 27.3 Å². The first kappa shape index (κ1) is 29.2. The Kier molecular flexibility index (Phi) is 10.9. The van der Waals surface area contributed by atoms with Gasteiger partial charge in [-0.3, -0.25) is 14.3 Å². The maximum Gasteiger partial charge on any atom is 2.00 e. The van der Waals surface area contributed by atoms with Crippen LogP contribution in [0.2, 0.25) is 0 Å². The summed E-state index contributed by atoms with van der Waals surface area (Å²) in [7, 11) is 1.69. The maximum atomic E-state index is 14.6. The Morgan fingerprint density at radius 3 is 2.64 bits per heavy atom. The van der Waals surface area contributed by atoms with Crippen LogP contribution < -0.4 is 13.1 Å². The smallest absolute Gasteiger partial charge is 0.495 e. The molecule has 0 N–H and O–H groups in total. The Balaban J connectivity index is 0.00000117. The predicted molar refractivity (Wildman–Crippen MR) is 145 cm³/mol. The van der Waals surface area contributed by atoms with E-state index in [9.17, 15) is 4.39 Å². The molecule has 2 aliphatic heterocycles. The molecule has 0 aliphatic carbocycles. The van der Waals surface area contributed by atoms with Gasteiger partial charge in [-0.25, -0.2) is 0 Å². The molecular formula is C27H31FIN5OU. The predicted octanol–water partition coefficient (Wildman–Crippen LogP) is 5.13. The monoisotopic (exact) mass is 825 g/mol. The van der Waals surface area contributed by atoms with E-state index in [1.165, 1.54) is 14.4 Å². The van der Waals surface area contributed by atoms with Crippen LogP contribution in [0.15, 0.2) is 36.5 Å². The van der Waals surface area contributed by atoms with Gasteiger partial charge >= 0.3 is 31.1 Å². The number of hydrogen-bond donors (Lipinski definition) is 0. The van der Waals surface area contributed by atoms with E-state index in [1.807, 2.05) is 31.3 Å². The number of rotatable bonds is 5. The summed E-state index contributed by atoms with van der Waals surface area (Å²) in [5.74, 6) is 0.973. The van der Waals surface area contributed by atoms with Gasteiger partial charge < -0.3 is 14.8 Å². The average Bonchev–Trinajstić information content (AvgIpc) is 3.24. The topological polar surface area (TPSA) is 54.4 Å². The average molecular weight is 826 g/mol. The number of methoxy groups -OCH3 is 1. The normalized spacial score (nSPS) is 15.6. The second-order valence-electron chi connectivity index (χ2n) is 8.39. The van der Waals surface area contributed by atoms with Crippen LogP contribution in [0.1, 0.15) is 49.7 Å². The molecule has 9 heteroatoms. The van der Waals surface area contributed by atoms with Gasteiger partial charge in [0.15, 0.2) is 0 Å². The van der Waals surface area contributed by atoms with Crippen LogP contribution in [0.5, 0.6) is 5.75 Å². The van der Waals surface area contributed by atoms with Crippen molar-refractivity contribution >= 4 is 32.4 Å². The van der Waals surface area contributed by atoms with Crippen LogP contribution in [0, 0.1) is 60.0 Å². The minimum Gasteiger partial charge on any atom is -0.495 e. The second kappa shape index (κ2) is 13.4. The zero-order chi connectivity index (χ0) is 24.9. The van der Waals surface area contributed by atoms with Crippen LogP contribution in [0.3, 0.4) is 0 Å². The van der Waals surface area contributed by atoms with E-state index < -0.39 is 21.0 Å². The molecular weight excluding hydrogens is 794 g/mol. The summed E-state index contributed by atoms with van der Waals surface area (Å²) in [5, 5.41) is 10.4. The summed E-state index contributed by atoms with van der Waals surface area (Å²) in [6.07, 6.45) is 3.87. The molecule has 3 aromatic rings. The molecule has 0 bridgehead atoms. The van der Waals surface area contributed by atoms with Gasteiger partial charge in [0, 0.05) is 56.4 Å². The molecule has 2 aromatic heterocycles. The molecule has 188 valence electrons. The van der Waals surface area contributed by atoms with Gasteiger partial charge in [-0.2, -0.15) is 29.3 Å². The molecule has 0 atom stereocenters. The molecule has 6 nitrogen and oxygen atoms in total. The number of anilines is 1. The Bertz CT molecular complexity index is 1310. The van der Waals surface area contributed by atoms with E-state index in [2.05, 4.69) is 43.1 Å². The van der Waals surface area contributed by atoms with E-state index in [1.54, 1.807) is 20.1 Å². The van der Waals surface area contributed by atoms with E-state index in [-0.39, 0.29) is 36.9 Å². The van der Waals surface area contributed by atoms with Crippen LogP contribution in [0.4, 0.5) is 10.1 Å². The molecule has 0 saturated carbocycles. The zero-order valence-electron chi connectivity index (χ0n) is 21.2. The molecule has 0 amide bonds. The van der Waals surface area contributed by atoms with Crippen LogP contribution >= 0.6 is 21.0 Å². The number of aromatic nitrogens is 3. The molecule has 0 unspecified atom stereocenters. The molecule has 36 heavy (non-hydrogen) atoms. The number of halogens is 2. The van der Waals surface area contributed by atoms with Gasteiger partial charge in [0.1, 0.15) is 5.75 Å². The number of pyridine rings is 1. The fourth-order valence-corrected chi connectivity index (χ4v) is 8.17. The number of ether oxygens (including phenoxy) is 1. The first-order valence-corrected chi connectivity index (χ1v) is 13.8. The third kappa shape index (κ3) is 6.01. The number of piperidine rings is 1. The molecule has 0 spiro atoms. The van der Waals surface area contributed by atoms with Gasteiger partial charge in [-0.05, 0) is 57.6 Å². The first-order valence-electron chi connectivity index (χ1n) is 11.8. The third-order valence-corrected chi connectivity index (χ3v) is 9.66. The van der Waals surface area contributed by atoms with E-state index >= 15 is 0 Å². The van der Waals surface area contributed by atoms with Gasteiger partial charge in [-0.15, -0.1) is 12.1 Å². The largest absolute Gasteiger partial charge is 2.00 e. The Labute approximate surface area is 246 Å². The zero-order valence-corrected chi connectivity index (χ0v) is 27.5. The number of benzene rings is 1. The van der Waals surface area contributed by atoms with Crippen molar-refractivity contribution < 1.29 is 40.2 Å². The van der Waals surface area contributed by atoms with Crippen molar-refractivity contribution in [2.75, 3.05) is 23.3 Å². The number of hydrogen-bond acceptors (Lipinski definition) is 6. The minimum absolute atomic E-state index is 0. The van der Waals surface area contributed by atoms with Crippen LogP contribution in [-0.2, 0) is 6.54 Å². The van der Waals surface area contributed by atoms with Gasteiger partial charge in [-0.1, -0.05) is 0 Å². The van der Waals surface area contributed by atoms with E-state index in [0.29, 0.717) is 11.6 Å². The third-order valence-electron chi connectivity index (χ3n) is 6.36. The summed E-state index contributed by atoms with van der Waals surface area (Å²) in [4.78, 5) is 6.93. The fraction of sp³-hybridized carbons (Fsp3) is 0.370. The number of aryl methyl sites for hydroxylation is 1. The number of likely N-dealkylation sites (tertiary alicyclic amines) is 1. The maximum absolute atomic E-state index is 14.6. The van der Waals surface area contributed by atoms with E-state index in [4.69, 9.17) is 4.74 Å². The molecule has 5 rings (SSSR count). The van der Waals surface area contributed by atoms with Crippen LogP contribution in [-0.4, -0.2) is 40.3 Å². The standard InChI is InChI=1S/C25H26FIN5O.C2H5.U/c1-16-23-17(2)32(21-8-5-4-7-19(21)26)27-24(23)25(30-29-16)18-10-13-31(14-11-18)15-20-22(33-3)9-6-12-28-20;1-2;/h5-9,12,18H,10-11,13-15H2,1-3H3;1H2,2H3;/q2*-1;+2. The van der Waals surface area contributed by atoms with Crippen molar-refractivity contribution in [1.82, 2.24) is 20.1 Å². The summed E-state index contributed by atoms with van der Waals surface area (Å²) in [6.45, 7) is 11.8. The fourth-order valence-electron chi connectivity index (χ4n) is 4.61. The SMILES string of the molecule is COc1cccnc1CN1CCC(c2nnc(C)c3c2=IN(c2cc[c-]cc2F)C=3C)CC1.[CH2-]C.[U+2]. The molecule has 2 aliphatic rings. The first-order chi connectivity index (χ1) is 17.1. The van der Waals surface area contributed by atoms with Crippen LogP contribution in [0.25, 0.3) is 5.70 Å². The Morgan fingerprint density at radius 1 is 1.19 bits per heavy atom. The van der Waals surface area contributed by atoms with Crippen molar-refractivity contribution in [1.29, 1.82) is 0 Å². The molecule has 0 radical (unpaired) electrons. The molecule has 1 fully saturated rings. The van der Waals surface area contributed by atoms with Crippen molar-refractivity contribution in [3.63, 3.8) is 0 Å². The van der Waals surface area contributed by atoms with E-state index in [0.717, 1.165) is 61.0 Å². The summed E-state index contributed by atoms with van der Waals surface area (Å²) < 4.78 is 23.5. The molecule has 4 heterocycles. The quantitative estimate of drug-likeness (QED) is 0.202. The summed E-state index contributed by atoms with van der Waals surface area (Å²) in [6, 6.07) is 11.7. The number of nitrogens with zero attached hydrogens (tertiary/aromatic N) is 5.